The van der Waals surface area contributed by atoms with Gasteiger partial charge >= 0.3 is 0 Å². The standard InChI is InChI=1S/C10H13ClFNO/c11-8-3-4-9(12)10(7-8)13-5-1-2-6-14/h3-4,7,13-14H,1-2,5-6H2. The van der Waals surface area contributed by atoms with E-state index in [4.69, 9.17) is 16.7 Å². The zero-order valence-electron chi connectivity index (χ0n) is 7.76. The number of rotatable bonds is 5. The summed E-state index contributed by atoms with van der Waals surface area (Å²) in [5, 5.41) is 12.0. The van der Waals surface area contributed by atoms with Gasteiger partial charge in [0.05, 0.1) is 5.69 Å². The number of hydrogen-bond acceptors (Lipinski definition) is 2. The molecule has 14 heavy (non-hydrogen) atoms. The van der Waals surface area contributed by atoms with Gasteiger partial charge in [-0.25, -0.2) is 4.39 Å². The fraction of sp³-hybridized carbons (Fsp3) is 0.400. The summed E-state index contributed by atoms with van der Waals surface area (Å²) in [6.07, 6.45) is 1.53. The first-order valence-electron chi connectivity index (χ1n) is 4.54. The Morgan fingerprint density at radius 2 is 2.14 bits per heavy atom. The molecule has 0 spiro atoms. The molecule has 0 bridgehead atoms. The maximum atomic E-state index is 13.1. The number of hydrogen-bond donors (Lipinski definition) is 2. The quantitative estimate of drug-likeness (QED) is 0.744. The van der Waals surface area contributed by atoms with Gasteiger partial charge in [-0.2, -0.15) is 0 Å². The predicted octanol–water partition coefficient (Wildman–Crippen LogP) is 2.66. The van der Waals surface area contributed by atoms with Crippen LogP contribution >= 0.6 is 11.6 Å². The Hall–Kier alpha value is -0.800. The predicted molar refractivity (Wildman–Crippen MR) is 56.2 cm³/mol. The van der Waals surface area contributed by atoms with E-state index in [9.17, 15) is 4.39 Å². The van der Waals surface area contributed by atoms with Crippen molar-refractivity contribution in [3.8, 4) is 0 Å². The average Bonchev–Trinajstić information content (AvgIpc) is 2.18. The minimum Gasteiger partial charge on any atom is -0.396 e. The van der Waals surface area contributed by atoms with Crippen molar-refractivity contribution >= 4 is 17.3 Å². The van der Waals surface area contributed by atoms with E-state index in [1.54, 1.807) is 6.07 Å². The molecule has 0 atom stereocenters. The lowest BCUT2D eigenvalue weighted by Gasteiger charge is -2.06. The molecule has 0 aromatic heterocycles. The van der Waals surface area contributed by atoms with Crippen LogP contribution in [0.3, 0.4) is 0 Å². The summed E-state index contributed by atoms with van der Waals surface area (Å²) in [6, 6.07) is 4.39. The number of anilines is 1. The maximum Gasteiger partial charge on any atom is 0.146 e. The molecule has 0 saturated carbocycles. The lowest BCUT2D eigenvalue weighted by molar-refractivity contribution is 0.286. The van der Waals surface area contributed by atoms with Gasteiger partial charge in [-0.05, 0) is 31.0 Å². The summed E-state index contributed by atoms with van der Waals surface area (Å²) < 4.78 is 13.1. The summed E-state index contributed by atoms with van der Waals surface area (Å²) >= 11 is 5.71. The van der Waals surface area contributed by atoms with Crippen LogP contribution in [0.25, 0.3) is 0 Å². The smallest absolute Gasteiger partial charge is 0.146 e. The van der Waals surface area contributed by atoms with Gasteiger partial charge in [0.2, 0.25) is 0 Å². The average molecular weight is 218 g/mol. The SMILES string of the molecule is OCCCCNc1cc(Cl)ccc1F. The molecule has 1 rings (SSSR count). The monoisotopic (exact) mass is 217 g/mol. The lowest BCUT2D eigenvalue weighted by Crippen LogP contribution is -2.03. The Kier molecular flexibility index (Phi) is 4.70. The second kappa shape index (κ2) is 5.83. The molecule has 0 aliphatic rings. The normalized spacial score (nSPS) is 10.2. The summed E-state index contributed by atoms with van der Waals surface area (Å²) in [7, 11) is 0. The molecule has 2 nitrogen and oxygen atoms in total. The third kappa shape index (κ3) is 3.52. The zero-order chi connectivity index (χ0) is 10.4. The molecule has 0 heterocycles. The van der Waals surface area contributed by atoms with Crippen LogP contribution < -0.4 is 5.32 Å². The van der Waals surface area contributed by atoms with Crippen LogP contribution in [0.2, 0.25) is 5.02 Å². The summed E-state index contributed by atoms with van der Waals surface area (Å²) in [5.41, 5.74) is 0.412. The molecule has 0 unspecified atom stereocenters. The van der Waals surface area contributed by atoms with Crippen molar-refractivity contribution in [2.45, 2.75) is 12.8 Å². The van der Waals surface area contributed by atoms with Crippen LogP contribution in [0.1, 0.15) is 12.8 Å². The van der Waals surface area contributed by atoms with Crippen LogP contribution in [0.5, 0.6) is 0 Å². The molecule has 1 aromatic carbocycles. The topological polar surface area (TPSA) is 32.3 Å². The molecular formula is C10H13ClFNO. The third-order valence-corrected chi connectivity index (χ3v) is 2.06. The minimum atomic E-state index is -0.307. The molecule has 0 fully saturated rings. The molecule has 4 heteroatoms. The van der Waals surface area contributed by atoms with Crippen molar-refractivity contribution in [3.05, 3.63) is 29.0 Å². The first-order valence-corrected chi connectivity index (χ1v) is 4.91. The van der Waals surface area contributed by atoms with E-state index in [1.165, 1.54) is 12.1 Å². The second-order valence-electron chi connectivity index (χ2n) is 2.98. The summed E-state index contributed by atoms with van der Waals surface area (Å²) in [4.78, 5) is 0. The Labute approximate surface area is 87.7 Å². The van der Waals surface area contributed by atoms with E-state index in [1.807, 2.05) is 0 Å². The van der Waals surface area contributed by atoms with Crippen molar-refractivity contribution in [2.24, 2.45) is 0 Å². The number of nitrogens with one attached hydrogen (secondary N) is 1. The van der Waals surface area contributed by atoms with Crippen molar-refractivity contribution < 1.29 is 9.50 Å². The number of benzene rings is 1. The van der Waals surface area contributed by atoms with E-state index in [-0.39, 0.29) is 12.4 Å². The van der Waals surface area contributed by atoms with Gasteiger partial charge in [-0.1, -0.05) is 11.6 Å². The van der Waals surface area contributed by atoms with Crippen LogP contribution in [0, 0.1) is 5.82 Å². The van der Waals surface area contributed by atoms with Crippen molar-refractivity contribution in [1.82, 2.24) is 0 Å². The van der Waals surface area contributed by atoms with Gasteiger partial charge in [0.1, 0.15) is 5.82 Å². The first-order chi connectivity index (χ1) is 6.74. The second-order valence-corrected chi connectivity index (χ2v) is 3.42. The molecule has 0 amide bonds. The fourth-order valence-corrected chi connectivity index (χ4v) is 1.26. The van der Waals surface area contributed by atoms with Crippen LogP contribution in [-0.4, -0.2) is 18.3 Å². The van der Waals surface area contributed by atoms with Gasteiger partial charge in [0.25, 0.3) is 0 Å². The summed E-state index contributed by atoms with van der Waals surface area (Å²) in [6.45, 7) is 0.803. The van der Waals surface area contributed by atoms with Gasteiger partial charge in [0.15, 0.2) is 0 Å². The molecular weight excluding hydrogens is 205 g/mol. The molecule has 0 aliphatic heterocycles. The van der Waals surface area contributed by atoms with Gasteiger partial charge < -0.3 is 10.4 Å². The van der Waals surface area contributed by atoms with Gasteiger partial charge in [-0.3, -0.25) is 0 Å². The highest BCUT2D eigenvalue weighted by Gasteiger charge is 2.01. The zero-order valence-corrected chi connectivity index (χ0v) is 8.52. The van der Waals surface area contributed by atoms with E-state index < -0.39 is 0 Å². The van der Waals surface area contributed by atoms with Crippen LogP contribution in [-0.2, 0) is 0 Å². The third-order valence-electron chi connectivity index (χ3n) is 1.83. The Morgan fingerprint density at radius 1 is 1.36 bits per heavy atom. The molecule has 0 radical (unpaired) electrons. The van der Waals surface area contributed by atoms with Crippen LogP contribution in [0.4, 0.5) is 10.1 Å². The van der Waals surface area contributed by atoms with Crippen molar-refractivity contribution in [2.75, 3.05) is 18.5 Å². The van der Waals surface area contributed by atoms with Crippen molar-refractivity contribution in [1.29, 1.82) is 0 Å². The van der Waals surface area contributed by atoms with Crippen molar-refractivity contribution in [3.63, 3.8) is 0 Å². The molecule has 0 aliphatic carbocycles. The highest BCUT2D eigenvalue weighted by molar-refractivity contribution is 6.30. The van der Waals surface area contributed by atoms with E-state index in [0.29, 0.717) is 17.3 Å². The highest BCUT2D eigenvalue weighted by Crippen LogP contribution is 2.19. The fourth-order valence-electron chi connectivity index (χ4n) is 1.09. The lowest BCUT2D eigenvalue weighted by atomic mass is 10.2. The Bertz CT molecular complexity index is 293. The summed E-state index contributed by atoms with van der Waals surface area (Å²) in [5.74, 6) is -0.307. The van der Waals surface area contributed by atoms with Crippen LogP contribution in [0.15, 0.2) is 18.2 Å². The number of unbranched alkanes of at least 4 members (excludes halogenated alkanes) is 1. The minimum absolute atomic E-state index is 0.166. The highest BCUT2D eigenvalue weighted by atomic mass is 35.5. The molecule has 0 saturated heterocycles. The maximum absolute atomic E-state index is 13.1. The molecule has 1 aromatic rings. The Morgan fingerprint density at radius 3 is 2.86 bits per heavy atom. The van der Waals surface area contributed by atoms with E-state index in [0.717, 1.165) is 12.8 Å². The molecule has 2 N–H and O–H groups in total. The van der Waals surface area contributed by atoms with Gasteiger partial charge in [-0.15, -0.1) is 0 Å². The van der Waals surface area contributed by atoms with E-state index >= 15 is 0 Å². The van der Waals surface area contributed by atoms with E-state index in [2.05, 4.69) is 5.32 Å². The number of halogens is 2. The number of aliphatic hydroxyl groups excluding tert-OH is 1. The first kappa shape index (κ1) is 11.3. The Balaban J connectivity index is 2.45. The number of aliphatic hydroxyl groups is 1. The largest absolute Gasteiger partial charge is 0.396 e. The van der Waals surface area contributed by atoms with Gasteiger partial charge in [0, 0.05) is 18.2 Å². The molecule has 78 valence electrons.